The number of nitrogens with zero attached hydrogens (tertiary/aromatic N) is 2. The maximum Gasteiger partial charge on any atom is 0.160 e. The van der Waals surface area contributed by atoms with E-state index in [1.807, 2.05) is 0 Å². The third kappa shape index (κ3) is 4.86. The molecule has 0 aliphatic carbocycles. The van der Waals surface area contributed by atoms with E-state index < -0.39 is 0 Å². The quantitative estimate of drug-likeness (QED) is 0.176. The second-order valence-electron chi connectivity index (χ2n) is 14.9. The van der Waals surface area contributed by atoms with Crippen LogP contribution in [0.4, 0.5) is 17.1 Å². The summed E-state index contributed by atoms with van der Waals surface area (Å²) in [5, 5.41) is 11.9. The molecule has 12 rings (SSSR count). The molecule has 57 heavy (non-hydrogen) atoms. The topological polar surface area (TPSA) is 21.3 Å². The van der Waals surface area contributed by atoms with Crippen molar-refractivity contribution in [1.82, 2.24) is 4.57 Å². The van der Waals surface area contributed by atoms with Crippen LogP contribution in [0.3, 0.4) is 0 Å². The molecule has 0 N–H and O–H groups in total. The fourth-order valence-corrected chi connectivity index (χ4v) is 9.16. The lowest BCUT2D eigenvalue weighted by Crippen LogP contribution is -2.11. The van der Waals surface area contributed by atoms with E-state index in [1.165, 1.54) is 59.7 Å². The van der Waals surface area contributed by atoms with Gasteiger partial charge in [-0.25, -0.2) is 0 Å². The zero-order valence-electron chi connectivity index (χ0n) is 30.9. The van der Waals surface area contributed by atoms with Gasteiger partial charge in [-0.3, -0.25) is 0 Å². The highest BCUT2D eigenvalue weighted by atomic mass is 16.3. The molecule has 0 aliphatic heterocycles. The zero-order chi connectivity index (χ0) is 37.5. The molecule has 0 aliphatic rings. The van der Waals surface area contributed by atoms with E-state index in [4.69, 9.17) is 4.42 Å². The first-order valence-electron chi connectivity index (χ1n) is 19.5. The van der Waals surface area contributed by atoms with Crippen LogP contribution in [0.15, 0.2) is 211 Å². The molecule has 0 saturated carbocycles. The highest BCUT2D eigenvalue weighted by Gasteiger charge is 2.24. The first-order chi connectivity index (χ1) is 28.3. The molecule has 2 heterocycles. The molecule has 0 fully saturated rings. The monoisotopic (exact) mass is 726 g/mol. The van der Waals surface area contributed by atoms with Gasteiger partial charge in [-0.1, -0.05) is 152 Å². The number of benzene rings is 10. The number of furan rings is 1. The third-order valence-electron chi connectivity index (χ3n) is 11.7. The molecule has 266 valence electrons. The Balaban J connectivity index is 1.09. The number of fused-ring (bicyclic) bond motifs is 11. The van der Waals surface area contributed by atoms with Gasteiger partial charge in [0.1, 0.15) is 5.58 Å². The van der Waals surface area contributed by atoms with Gasteiger partial charge in [-0.05, 0) is 92.7 Å². The van der Waals surface area contributed by atoms with E-state index in [-0.39, 0.29) is 0 Å². The zero-order valence-corrected chi connectivity index (χ0v) is 30.9. The Morgan fingerprint density at radius 2 is 0.982 bits per heavy atom. The van der Waals surface area contributed by atoms with E-state index in [0.29, 0.717) is 0 Å². The van der Waals surface area contributed by atoms with Crippen molar-refractivity contribution >= 4 is 93.1 Å². The van der Waals surface area contributed by atoms with Crippen LogP contribution in [0.2, 0.25) is 0 Å². The summed E-state index contributed by atoms with van der Waals surface area (Å²) in [5.74, 6) is 0. The normalized spacial score (nSPS) is 11.9. The number of anilines is 3. The minimum absolute atomic E-state index is 0.872. The predicted molar refractivity (Wildman–Crippen MR) is 241 cm³/mol. The highest BCUT2D eigenvalue weighted by Crippen LogP contribution is 2.48. The van der Waals surface area contributed by atoms with Crippen molar-refractivity contribution in [3.05, 3.63) is 206 Å². The molecule has 0 unspecified atom stereocenters. The van der Waals surface area contributed by atoms with Gasteiger partial charge in [-0.15, -0.1) is 0 Å². The molecule has 12 aromatic rings. The van der Waals surface area contributed by atoms with Gasteiger partial charge in [0.2, 0.25) is 0 Å². The number of rotatable bonds is 5. The molecule has 0 bridgehead atoms. The summed E-state index contributed by atoms with van der Waals surface area (Å²) in [7, 11) is 0. The van der Waals surface area contributed by atoms with Gasteiger partial charge in [-0.2, -0.15) is 0 Å². The summed E-state index contributed by atoms with van der Waals surface area (Å²) < 4.78 is 9.38. The van der Waals surface area contributed by atoms with Crippen molar-refractivity contribution in [3.8, 4) is 16.8 Å². The summed E-state index contributed by atoms with van der Waals surface area (Å²) in [6.07, 6.45) is 0. The van der Waals surface area contributed by atoms with Crippen molar-refractivity contribution < 1.29 is 4.42 Å². The predicted octanol–water partition coefficient (Wildman–Crippen LogP) is 15.3. The number of hydrogen-bond donors (Lipinski definition) is 0. The lowest BCUT2D eigenvalue weighted by atomic mass is 9.98. The van der Waals surface area contributed by atoms with E-state index in [2.05, 4.69) is 216 Å². The van der Waals surface area contributed by atoms with Gasteiger partial charge in [0.15, 0.2) is 5.58 Å². The summed E-state index contributed by atoms with van der Waals surface area (Å²) in [6, 6.07) is 74.4. The molecule has 10 aromatic carbocycles. The maximum atomic E-state index is 7.00. The van der Waals surface area contributed by atoms with Crippen LogP contribution in [-0.4, -0.2) is 4.57 Å². The smallest absolute Gasteiger partial charge is 0.160 e. The fraction of sp³-hybridized carbons (Fsp3) is 0. The first-order valence-corrected chi connectivity index (χ1v) is 19.5. The van der Waals surface area contributed by atoms with Gasteiger partial charge in [0.25, 0.3) is 0 Å². The summed E-state index contributed by atoms with van der Waals surface area (Å²) in [4.78, 5) is 2.39. The summed E-state index contributed by atoms with van der Waals surface area (Å²) in [6.45, 7) is 0. The second kappa shape index (κ2) is 12.5. The molecule has 0 amide bonds. The Kier molecular flexibility index (Phi) is 6.93. The number of para-hydroxylation sites is 2. The Labute approximate surface area is 328 Å². The standard InChI is InChI=1S/C54H34N2O/c1-2-17-40(18-3-1)55-48-23-11-10-22-45(48)46-31-27-38(33-49(46)55)35-25-29-41(30-26-35)56(47-24-12-16-36-13-4-7-19-42(36)47)50-34-39-15-6-9-21-44(39)53-52-43-20-8-5-14-37(43)28-32-51(52)57-54(50)53/h1-34H. The first kappa shape index (κ1) is 31.7. The Morgan fingerprint density at radius 1 is 0.368 bits per heavy atom. The van der Waals surface area contributed by atoms with Crippen molar-refractivity contribution in [2.24, 2.45) is 0 Å². The minimum Gasteiger partial charge on any atom is -0.454 e. The molecule has 2 aromatic heterocycles. The molecule has 3 nitrogen and oxygen atoms in total. The highest BCUT2D eigenvalue weighted by molar-refractivity contribution is 6.29. The van der Waals surface area contributed by atoms with Gasteiger partial charge < -0.3 is 13.9 Å². The van der Waals surface area contributed by atoms with Crippen LogP contribution in [0.5, 0.6) is 0 Å². The average molecular weight is 727 g/mol. The van der Waals surface area contributed by atoms with Crippen LogP contribution in [0, 0.1) is 0 Å². The lowest BCUT2D eigenvalue weighted by Gasteiger charge is -2.27. The van der Waals surface area contributed by atoms with Gasteiger partial charge >= 0.3 is 0 Å². The van der Waals surface area contributed by atoms with Crippen molar-refractivity contribution in [1.29, 1.82) is 0 Å². The van der Waals surface area contributed by atoms with Gasteiger partial charge in [0, 0.05) is 38.3 Å². The van der Waals surface area contributed by atoms with Crippen molar-refractivity contribution in [2.45, 2.75) is 0 Å². The van der Waals surface area contributed by atoms with Crippen LogP contribution in [-0.2, 0) is 0 Å². The maximum absolute atomic E-state index is 7.00. The largest absolute Gasteiger partial charge is 0.454 e. The van der Waals surface area contributed by atoms with Crippen LogP contribution in [0.1, 0.15) is 0 Å². The SMILES string of the molecule is c1ccc(-n2c3ccccc3c3ccc(-c4ccc(N(c5cccc6ccccc56)c5cc6ccccc6c6c5oc5ccc7ccccc7c56)cc4)cc32)cc1. The Hall–Kier alpha value is -7.62. The van der Waals surface area contributed by atoms with Gasteiger partial charge in [0.05, 0.1) is 22.4 Å². The van der Waals surface area contributed by atoms with Crippen molar-refractivity contribution in [3.63, 3.8) is 0 Å². The summed E-state index contributed by atoms with van der Waals surface area (Å²) in [5.41, 5.74) is 10.8. The number of hydrogen-bond acceptors (Lipinski definition) is 2. The van der Waals surface area contributed by atoms with E-state index in [1.54, 1.807) is 0 Å². The molecule has 0 radical (unpaired) electrons. The lowest BCUT2D eigenvalue weighted by molar-refractivity contribution is 0.669. The second-order valence-corrected chi connectivity index (χ2v) is 14.9. The molecule has 0 atom stereocenters. The van der Waals surface area contributed by atoms with Crippen LogP contribution < -0.4 is 4.90 Å². The van der Waals surface area contributed by atoms with Crippen LogP contribution in [0.25, 0.3) is 92.9 Å². The van der Waals surface area contributed by atoms with E-state index in [9.17, 15) is 0 Å². The van der Waals surface area contributed by atoms with Crippen molar-refractivity contribution in [2.75, 3.05) is 4.90 Å². The van der Waals surface area contributed by atoms with Crippen LogP contribution >= 0.6 is 0 Å². The van der Waals surface area contributed by atoms with E-state index >= 15 is 0 Å². The summed E-state index contributed by atoms with van der Waals surface area (Å²) >= 11 is 0. The molecular formula is C54H34N2O. The molecule has 0 spiro atoms. The minimum atomic E-state index is 0.872. The Bertz CT molecular complexity index is 3520. The number of aromatic nitrogens is 1. The Morgan fingerprint density at radius 3 is 1.79 bits per heavy atom. The molecular weight excluding hydrogens is 693 g/mol. The average Bonchev–Trinajstić information content (AvgIpc) is 3.84. The van der Waals surface area contributed by atoms with E-state index in [0.717, 1.165) is 50.3 Å². The molecule has 3 heteroatoms. The fourth-order valence-electron chi connectivity index (χ4n) is 9.16. The third-order valence-corrected chi connectivity index (χ3v) is 11.7. The molecule has 0 saturated heterocycles.